The van der Waals surface area contributed by atoms with E-state index in [1.54, 1.807) is 0 Å². The number of hydrogen-bond donors (Lipinski definition) is 1. The molecule has 0 bridgehead atoms. The van der Waals surface area contributed by atoms with Crippen molar-refractivity contribution in [1.82, 2.24) is 4.90 Å². The van der Waals surface area contributed by atoms with Crippen LogP contribution in [-0.4, -0.2) is 22.8 Å². The van der Waals surface area contributed by atoms with Crippen LogP contribution < -0.4 is 0 Å². The smallest absolute Gasteiger partial charge is 0.0962 e. The highest BCUT2D eigenvalue weighted by atomic mass is 15.2. The summed E-state index contributed by atoms with van der Waals surface area (Å²) in [5, 5.41) is 7.81. The molecule has 2 nitrogen and oxygen atoms in total. The zero-order valence-electron chi connectivity index (χ0n) is 8.06. The van der Waals surface area contributed by atoms with Gasteiger partial charge in [-0.3, -0.25) is 5.41 Å². The normalized spacial score (nSPS) is 25.2. The van der Waals surface area contributed by atoms with Crippen LogP contribution in [0.25, 0.3) is 0 Å². The van der Waals surface area contributed by atoms with E-state index in [1.165, 1.54) is 19.3 Å². The van der Waals surface area contributed by atoms with Gasteiger partial charge in [-0.2, -0.15) is 0 Å². The maximum absolute atomic E-state index is 7.81. The minimum absolute atomic E-state index is 0.271. The second kappa shape index (κ2) is 2.48. The summed E-state index contributed by atoms with van der Waals surface area (Å²) in [5.41, 5.74) is 0.271. The van der Waals surface area contributed by atoms with Gasteiger partial charge in [0.05, 0.1) is 5.84 Å². The van der Waals surface area contributed by atoms with E-state index >= 15 is 0 Å². The van der Waals surface area contributed by atoms with Crippen molar-refractivity contribution in [2.75, 3.05) is 6.54 Å². The Bertz CT molecular complexity index is 204. The van der Waals surface area contributed by atoms with Crippen LogP contribution in [0.3, 0.4) is 0 Å². The fraction of sp³-hybridized carbons (Fsp3) is 0.900. The topological polar surface area (TPSA) is 27.1 Å². The maximum Gasteiger partial charge on any atom is 0.0962 e. The first-order valence-electron chi connectivity index (χ1n) is 4.97. The predicted octanol–water partition coefficient (Wildman–Crippen LogP) is 2.25. The number of hydrogen-bond acceptors (Lipinski definition) is 1. The molecule has 2 fully saturated rings. The third-order valence-corrected chi connectivity index (χ3v) is 3.39. The molecule has 0 radical (unpaired) electrons. The molecule has 1 aliphatic carbocycles. The van der Waals surface area contributed by atoms with Crippen LogP contribution in [0.15, 0.2) is 0 Å². The molecule has 2 aliphatic rings. The van der Waals surface area contributed by atoms with Gasteiger partial charge >= 0.3 is 0 Å². The van der Waals surface area contributed by atoms with Crippen LogP contribution in [0.1, 0.15) is 39.5 Å². The maximum atomic E-state index is 7.81. The van der Waals surface area contributed by atoms with Crippen LogP contribution in [-0.2, 0) is 0 Å². The summed E-state index contributed by atoms with van der Waals surface area (Å²) in [7, 11) is 0. The molecule has 2 rings (SSSR count). The van der Waals surface area contributed by atoms with Crippen LogP contribution in [0.2, 0.25) is 0 Å². The molecular weight excluding hydrogens is 148 g/mol. The quantitative estimate of drug-likeness (QED) is 0.669. The van der Waals surface area contributed by atoms with Gasteiger partial charge < -0.3 is 4.90 Å². The van der Waals surface area contributed by atoms with Crippen LogP contribution in [0.5, 0.6) is 0 Å². The molecule has 0 spiro atoms. The average Bonchev–Trinajstić information content (AvgIpc) is 2.75. The van der Waals surface area contributed by atoms with Crippen molar-refractivity contribution in [3.8, 4) is 0 Å². The second-order valence-corrected chi connectivity index (χ2v) is 4.63. The Balaban J connectivity index is 2.10. The lowest BCUT2D eigenvalue weighted by Gasteiger charge is -2.37. The third-order valence-electron chi connectivity index (χ3n) is 3.39. The largest absolute Gasteiger partial charge is 0.355 e. The Morgan fingerprint density at radius 3 is 2.50 bits per heavy atom. The molecule has 68 valence electrons. The summed E-state index contributed by atoms with van der Waals surface area (Å²) in [5.74, 6) is 1.72. The standard InChI is InChI=1S/C10H18N2/c1-10(2,8-5-6-8)12-7-3-4-9(12)11/h8,11H,3-7H2,1-2H3. The van der Waals surface area contributed by atoms with Crippen molar-refractivity contribution in [2.45, 2.75) is 45.1 Å². The minimum atomic E-state index is 0.271. The number of nitrogens with zero attached hydrogens (tertiary/aromatic N) is 1. The van der Waals surface area contributed by atoms with Crippen molar-refractivity contribution < 1.29 is 0 Å². The Morgan fingerprint density at radius 2 is 2.08 bits per heavy atom. The highest BCUT2D eigenvalue weighted by Gasteiger charge is 2.43. The highest BCUT2D eigenvalue weighted by Crippen LogP contribution is 2.44. The fourth-order valence-electron chi connectivity index (χ4n) is 2.32. The van der Waals surface area contributed by atoms with E-state index in [0.717, 1.165) is 24.7 Å². The molecule has 0 unspecified atom stereocenters. The molecule has 1 saturated carbocycles. The van der Waals surface area contributed by atoms with Gasteiger partial charge in [-0.25, -0.2) is 0 Å². The Morgan fingerprint density at radius 1 is 1.42 bits per heavy atom. The molecule has 12 heavy (non-hydrogen) atoms. The fourth-order valence-corrected chi connectivity index (χ4v) is 2.32. The van der Waals surface area contributed by atoms with E-state index in [1.807, 2.05) is 0 Å². The molecule has 1 N–H and O–H groups in total. The van der Waals surface area contributed by atoms with Gasteiger partial charge in [0.25, 0.3) is 0 Å². The van der Waals surface area contributed by atoms with Gasteiger partial charge in [-0.15, -0.1) is 0 Å². The van der Waals surface area contributed by atoms with Gasteiger partial charge in [0.15, 0.2) is 0 Å². The molecular formula is C10H18N2. The van der Waals surface area contributed by atoms with Gasteiger partial charge in [0, 0.05) is 18.5 Å². The molecule has 0 aromatic heterocycles. The minimum Gasteiger partial charge on any atom is -0.355 e. The Hall–Kier alpha value is -0.530. The monoisotopic (exact) mass is 166 g/mol. The zero-order chi connectivity index (χ0) is 8.77. The van der Waals surface area contributed by atoms with E-state index in [0.29, 0.717) is 0 Å². The first kappa shape index (κ1) is 8.09. The van der Waals surface area contributed by atoms with E-state index in [4.69, 9.17) is 5.41 Å². The zero-order valence-corrected chi connectivity index (χ0v) is 8.06. The number of likely N-dealkylation sites (tertiary alicyclic amines) is 1. The highest BCUT2D eigenvalue weighted by molar-refractivity contribution is 5.81. The predicted molar refractivity (Wildman–Crippen MR) is 50.5 cm³/mol. The van der Waals surface area contributed by atoms with Crippen molar-refractivity contribution in [3.05, 3.63) is 0 Å². The molecule has 1 saturated heterocycles. The molecule has 1 aliphatic heterocycles. The molecule has 0 aromatic carbocycles. The lowest BCUT2D eigenvalue weighted by atomic mass is 9.96. The third kappa shape index (κ3) is 1.13. The summed E-state index contributed by atoms with van der Waals surface area (Å²) in [6, 6.07) is 0. The van der Waals surface area contributed by atoms with Gasteiger partial charge in [0.2, 0.25) is 0 Å². The summed E-state index contributed by atoms with van der Waals surface area (Å²) >= 11 is 0. The van der Waals surface area contributed by atoms with E-state index in [-0.39, 0.29) is 5.54 Å². The van der Waals surface area contributed by atoms with E-state index in [9.17, 15) is 0 Å². The second-order valence-electron chi connectivity index (χ2n) is 4.63. The summed E-state index contributed by atoms with van der Waals surface area (Å²) < 4.78 is 0. The van der Waals surface area contributed by atoms with Crippen LogP contribution in [0, 0.1) is 11.3 Å². The molecule has 1 heterocycles. The Kier molecular flexibility index (Phi) is 1.67. The van der Waals surface area contributed by atoms with E-state index < -0.39 is 0 Å². The van der Waals surface area contributed by atoms with Crippen LogP contribution in [0.4, 0.5) is 0 Å². The number of rotatable bonds is 2. The first-order chi connectivity index (χ1) is 5.62. The lowest BCUT2D eigenvalue weighted by molar-refractivity contribution is 0.198. The van der Waals surface area contributed by atoms with Crippen LogP contribution >= 0.6 is 0 Å². The Labute approximate surface area is 74.5 Å². The molecule has 0 aromatic rings. The van der Waals surface area contributed by atoms with E-state index in [2.05, 4.69) is 18.7 Å². The SMILES string of the molecule is CC(C)(C1CC1)N1CCCC1=N. The van der Waals surface area contributed by atoms with Crippen molar-refractivity contribution in [3.63, 3.8) is 0 Å². The summed E-state index contributed by atoms with van der Waals surface area (Å²) in [4.78, 5) is 2.31. The molecule has 2 heteroatoms. The summed E-state index contributed by atoms with van der Waals surface area (Å²) in [6.45, 7) is 5.71. The van der Waals surface area contributed by atoms with Gasteiger partial charge in [0.1, 0.15) is 0 Å². The van der Waals surface area contributed by atoms with Gasteiger partial charge in [-0.05, 0) is 39.0 Å². The molecule has 0 atom stereocenters. The van der Waals surface area contributed by atoms with Crippen molar-refractivity contribution >= 4 is 5.84 Å². The number of nitrogens with one attached hydrogen (secondary N) is 1. The number of amidine groups is 1. The first-order valence-corrected chi connectivity index (χ1v) is 4.97. The van der Waals surface area contributed by atoms with Crippen molar-refractivity contribution in [1.29, 1.82) is 5.41 Å². The lowest BCUT2D eigenvalue weighted by Crippen LogP contribution is -2.46. The van der Waals surface area contributed by atoms with Crippen molar-refractivity contribution in [2.24, 2.45) is 5.92 Å². The van der Waals surface area contributed by atoms with Gasteiger partial charge in [-0.1, -0.05) is 0 Å². The summed E-state index contributed by atoms with van der Waals surface area (Å²) in [6.07, 6.45) is 4.93. The average molecular weight is 166 g/mol. The molecule has 0 amide bonds.